The van der Waals surface area contributed by atoms with Crippen molar-refractivity contribution in [1.82, 2.24) is 0 Å². The van der Waals surface area contributed by atoms with Gasteiger partial charge in [0.1, 0.15) is 0 Å². The molecule has 4 aliphatic rings. The number of allylic oxidation sites excluding steroid dienone is 6. The van der Waals surface area contributed by atoms with Crippen molar-refractivity contribution in [2.45, 2.75) is 106 Å². The molecule has 4 unspecified atom stereocenters. The van der Waals surface area contributed by atoms with E-state index in [0.717, 1.165) is 53.5 Å². The zero-order chi connectivity index (χ0) is 27.2. The minimum absolute atomic E-state index is 0.0960. The summed E-state index contributed by atoms with van der Waals surface area (Å²) < 4.78 is 0. The van der Waals surface area contributed by atoms with Crippen molar-refractivity contribution in [1.29, 1.82) is 0 Å². The van der Waals surface area contributed by atoms with E-state index >= 15 is 0 Å². The molecule has 5 rings (SSSR count). The van der Waals surface area contributed by atoms with Gasteiger partial charge in [0.15, 0.2) is 17.3 Å². The Morgan fingerprint density at radius 2 is 1.73 bits per heavy atom. The molecule has 37 heavy (non-hydrogen) atoms. The van der Waals surface area contributed by atoms with Crippen molar-refractivity contribution in [3.05, 3.63) is 68.3 Å². The Morgan fingerprint density at radius 1 is 1.05 bits per heavy atom. The Bertz CT molecular complexity index is 1370. The number of carbonyl (C=O) groups is 3. The van der Waals surface area contributed by atoms with Crippen molar-refractivity contribution in [2.24, 2.45) is 16.2 Å². The van der Waals surface area contributed by atoms with Crippen LogP contribution in [0.15, 0.2) is 40.5 Å². The van der Waals surface area contributed by atoms with E-state index < -0.39 is 5.41 Å². The van der Waals surface area contributed by atoms with E-state index in [2.05, 4.69) is 52.8 Å². The normalized spacial score (nSPS) is 33.2. The van der Waals surface area contributed by atoms with Crippen molar-refractivity contribution in [3.63, 3.8) is 0 Å². The minimum Gasteiger partial charge on any atom is -0.294 e. The van der Waals surface area contributed by atoms with Gasteiger partial charge in [-0.1, -0.05) is 57.1 Å². The third-order valence-electron chi connectivity index (χ3n) is 10.7. The highest BCUT2D eigenvalue weighted by atomic mass is 16.2. The van der Waals surface area contributed by atoms with E-state index in [0.29, 0.717) is 23.8 Å². The number of benzene rings is 1. The molecular formula is C34H42O3. The Morgan fingerprint density at radius 3 is 2.30 bits per heavy atom. The van der Waals surface area contributed by atoms with Crippen LogP contribution < -0.4 is 0 Å². The third kappa shape index (κ3) is 3.35. The van der Waals surface area contributed by atoms with E-state index in [1.807, 2.05) is 20.8 Å². The summed E-state index contributed by atoms with van der Waals surface area (Å²) in [6.07, 6.45) is 9.00. The van der Waals surface area contributed by atoms with Gasteiger partial charge in [-0.15, -0.1) is 0 Å². The molecule has 1 aromatic rings. The lowest BCUT2D eigenvalue weighted by Gasteiger charge is -2.59. The molecule has 0 fully saturated rings. The number of ketones is 3. The van der Waals surface area contributed by atoms with Gasteiger partial charge in [0, 0.05) is 22.5 Å². The van der Waals surface area contributed by atoms with E-state index in [1.54, 1.807) is 0 Å². The van der Waals surface area contributed by atoms with Crippen LogP contribution in [0.2, 0.25) is 0 Å². The smallest absolute Gasteiger partial charge is 0.190 e. The maximum absolute atomic E-state index is 14.7. The predicted molar refractivity (Wildman–Crippen MR) is 149 cm³/mol. The van der Waals surface area contributed by atoms with Crippen LogP contribution in [0.5, 0.6) is 0 Å². The van der Waals surface area contributed by atoms with Crippen LogP contribution in [0.3, 0.4) is 0 Å². The molecule has 0 bridgehead atoms. The van der Waals surface area contributed by atoms with Crippen LogP contribution in [0.25, 0.3) is 0 Å². The summed E-state index contributed by atoms with van der Waals surface area (Å²) >= 11 is 0. The monoisotopic (exact) mass is 498 g/mol. The summed E-state index contributed by atoms with van der Waals surface area (Å²) in [7, 11) is 0. The quantitative estimate of drug-likeness (QED) is 0.314. The molecule has 0 radical (unpaired) electrons. The molecule has 4 atom stereocenters. The number of hydrogen-bond donors (Lipinski definition) is 0. The number of rotatable bonds is 3. The molecule has 196 valence electrons. The fourth-order valence-electron chi connectivity index (χ4n) is 8.82. The van der Waals surface area contributed by atoms with Crippen molar-refractivity contribution >= 4 is 17.3 Å². The molecule has 4 aliphatic carbocycles. The van der Waals surface area contributed by atoms with Crippen molar-refractivity contribution < 1.29 is 14.4 Å². The number of fused-ring (bicyclic) bond motifs is 3. The van der Waals surface area contributed by atoms with Crippen LogP contribution in [0.1, 0.15) is 126 Å². The van der Waals surface area contributed by atoms with Crippen molar-refractivity contribution in [3.8, 4) is 0 Å². The lowest BCUT2D eigenvalue weighted by Crippen LogP contribution is -2.57. The molecule has 0 saturated heterocycles. The van der Waals surface area contributed by atoms with Gasteiger partial charge in [0.05, 0.1) is 11.0 Å². The van der Waals surface area contributed by atoms with Gasteiger partial charge in [-0.25, -0.2) is 0 Å². The zero-order valence-corrected chi connectivity index (χ0v) is 24.1. The van der Waals surface area contributed by atoms with Gasteiger partial charge in [-0.05, 0) is 100 Å². The Hall–Kier alpha value is -2.55. The fraction of sp³-hybridized carbons (Fsp3) is 0.559. The summed E-state index contributed by atoms with van der Waals surface area (Å²) in [5, 5.41) is 0. The first-order valence-electron chi connectivity index (χ1n) is 14.0. The lowest BCUT2D eigenvalue weighted by molar-refractivity contribution is -0.134. The molecule has 0 N–H and O–H groups in total. The van der Waals surface area contributed by atoms with E-state index in [4.69, 9.17) is 0 Å². The van der Waals surface area contributed by atoms with E-state index in [1.165, 1.54) is 23.6 Å². The number of hydrogen-bond acceptors (Lipinski definition) is 3. The van der Waals surface area contributed by atoms with Crippen LogP contribution in [0.4, 0.5) is 0 Å². The molecule has 3 nitrogen and oxygen atoms in total. The molecule has 1 aromatic carbocycles. The molecule has 0 aliphatic heterocycles. The van der Waals surface area contributed by atoms with Gasteiger partial charge < -0.3 is 0 Å². The fourth-order valence-corrected chi connectivity index (χ4v) is 8.82. The van der Waals surface area contributed by atoms with Gasteiger partial charge in [-0.2, -0.15) is 0 Å². The number of carbonyl (C=O) groups excluding carboxylic acids is 3. The molecule has 3 heteroatoms. The van der Waals surface area contributed by atoms with Crippen molar-refractivity contribution in [2.75, 3.05) is 0 Å². The second-order valence-corrected chi connectivity index (χ2v) is 13.4. The first kappa shape index (κ1) is 26.1. The Labute approximate surface area is 222 Å². The minimum atomic E-state index is -0.865. The van der Waals surface area contributed by atoms with Gasteiger partial charge in [0.25, 0.3) is 0 Å². The topological polar surface area (TPSA) is 51.2 Å². The largest absolute Gasteiger partial charge is 0.294 e. The van der Waals surface area contributed by atoms with Gasteiger partial charge in [-0.3, -0.25) is 14.4 Å². The molecular weight excluding hydrogens is 456 g/mol. The molecule has 0 aromatic heterocycles. The summed E-state index contributed by atoms with van der Waals surface area (Å²) in [6.45, 7) is 18.5. The van der Waals surface area contributed by atoms with E-state index in [-0.39, 0.29) is 28.2 Å². The maximum Gasteiger partial charge on any atom is 0.190 e. The summed E-state index contributed by atoms with van der Waals surface area (Å²) in [6, 6.07) is 2.39. The average molecular weight is 499 g/mol. The second-order valence-electron chi connectivity index (χ2n) is 13.4. The Kier molecular flexibility index (Phi) is 5.79. The summed E-state index contributed by atoms with van der Waals surface area (Å²) in [5.41, 5.74) is 7.17. The van der Waals surface area contributed by atoms with Gasteiger partial charge >= 0.3 is 0 Å². The predicted octanol–water partition coefficient (Wildman–Crippen LogP) is 7.91. The standard InChI is InChI=1S/C34H42O3/c1-18(2)24-14-25(23-12-10-11-13-23)20(4)28-26(24)16-32(7)17-33(8)15-19(3)27(22(6)35)31(37)34(33,9)21(5)29(32)30(28)36/h10,12,14,18,23H,11,13,15-17H2,1-9H3. The van der Waals surface area contributed by atoms with Gasteiger partial charge in [0.2, 0.25) is 0 Å². The first-order chi connectivity index (χ1) is 17.2. The van der Waals surface area contributed by atoms with Crippen LogP contribution in [0, 0.1) is 23.2 Å². The summed E-state index contributed by atoms with van der Waals surface area (Å²) in [5.74, 6) is 0.532. The lowest BCUT2D eigenvalue weighted by atomic mass is 9.42. The summed E-state index contributed by atoms with van der Waals surface area (Å²) in [4.78, 5) is 41.3. The second kappa shape index (κ2) is 8.22. The number of Topliss-reactive ketones (excluding diaryl/α,β-unsaturated/α-hetero) is 3. The molecule has 0 spiro atoms. The average Bonchev–Trinajstić information content (AvgIpc) is 3.30. The van der Waals surface area contributed by atoms with E-state index in [9.17, 15) is 14.4 Å². The maximum atomic E-state index is 14.7. The highest BCUT2D eigenvalue weighted by Crippen LogP contribution is 2.66. The molecule has 0 saturated carbocycles. The molecule has 0 heterocycles. The highest BCUT2D eigenvalue weighted by Gasteiger charge is 2.63. The van der Waals surface area contributed by atoms with Crippen LogP contribution >= 0.6 is 0 Å². The van der Waals surface area contributed by atoms with Crippen LogP contribution in [-0.2, 0) is 16.0 Å². The highest BCUT2D eigenvalue weighted by molar-refractivity contribution is 6.24. The van der Waals surface area contributed by atoms with Crippen LogP contribution in [-0.4, -0.2) is 17.3 Å². The third-order valence-corrected chi connectivity index (χ3v) is 10.7. The molecule has 0 amide bonds. The zero-order valence-electron chi connectivity index (χ0n) is 24.1. The Balaban J connectivity index is 1.78. The SMILES string of the molecule is CC(=O)C1=C(C)CC2(C)CC3(C)Cc4c(C(C)C)cc(C5C=CCC5)c(C)c4C(=O)C3=C(C)C2(C)C1=O. The first-order valence-corrected chi connectivity index (χ1v) is 14.0.